The second kappa shape index (κ2) is 6.76. The van der Waals surface area contributed by atoms with E-state index in [1.54, 1.807) is 0 Å². The molecule has 0 saturated heterocycles. The lowest BCUT2D eigenvalue weighted by Crippen LogP contribution is -2.14. The van der Waals surface area contributed by atoms with E-state index < -0.39 is 6.29 Å². The van der Waals surface area contributed by atoms with Crippen molar-refractivity contribution in [2.75, 3.05) is 13.2 Å². The molecule has 0 aliphatic carbocycles. The van der Waals surface area contributed by atoms with Crippen molar-refractivity contribution in [3.63, 3.8) is 0 Å². The fourth-order valence-corrected chi connectivity index (χ4v) is 1.42. The van der Waals surface area contributed by atoms with Crippen LogP contribution in [0.5, 0.6) is 0 Å². The molecule has 0 bridgehead atoms. The predicted molar refractivity (Wildman–Crippen MR) is 63.8 cm³/mol. The van der Waals surface area contributed by atoms with Gasteiger partial charge in [0.15, 0.2) is 6.29 Å². The molecule has 0 radical (unpaired) electrons. The molecule has 4 nitrogen and oxygen atoms in total. The summed E-state index contributed by atoms with van der Waals surface area (Å²) in [6.45, 7) is 2.96. The molecule has 0 amide bonds. The summed E-state index contributed by atoms with van der Waals surface area (Å²) in [4.78, 5) is 0. The molecule has 0 saturated carbocycles. The summed E-state index contributed by atoms with van der Waals surface area (Å²) in [6, 6.07) is 0. The summed E-state index contributed by atoms with van der Waals surface area (Å²) in [6.07, 6.45) is 5.40. The second-order valence-corrected chi connectivity index (χ2v) is 3.88. The summed E-state index contributed by atoms with van der Waals surface area (Å²) >= 11 is 3.32. The van der Waals surface area contributed by atoms with Crippen molar-refractivity contribution in [1.82, 2.24) is 5.43 Å². The number of halogens is 1. The van der Waals surface area contributed by atoms with Crippen LogP contribution in [0, 0.1) is 0 Å². The predicted octanol–water partition coefficient (Wildman–Crippen LogP) is 1.53. The van der Waals surface area contributed by atoms with Crippen LogP contribution in [0.2, 0.25) is 0 Å². The van der Waals surface area contributed by atoms with Gasteiger partial charge in [-0.25, -0.2) is 0 Å². The van der Waals surface area contributed by atoms with Crippen LogP contribution in [0.3, 0.4) is 0 Å². The highest BCUT2D eigenvalue weighted by atomic mass is 79.9. The van der Waals surface area contributed by atoms with Gasteiger partial charge in [-0.05, 0) is 22.9 Å². The molecule has 5 heteroatoms. The number of rotatable bonds is 3. The molecule has 15 heavy (non-hydrogen) atoms. The summed E-state index contributed by atoms with van der Waals surface area (Å²) in [5.74, 6) is 0. The zero-order valence-electron chi connectivity index (χ0n) is 8.61. The number of aliphatic hydroxyl groups excluding tert-OH is 1. The Morgan fingerprint density at radius 3 is 3.27 bits per heavy atom. The van der Waals surface area contributed by atoms with Crippen molar-refractivity contribution < 1.29 is 9.84 Å². The largest absolute Gasteiger partial charge is 0.364 e. The third-order valence-electron chi connectivity index (χ3n) is 1.84. The van der Waals surface area contributed by atoms with Crippen LogP contribution < -0.4 is 5.43 Å². The normalized spacial score (nSPS) is 28.2. The van der Waals surface area contributed by atoms with E-state index in [-0.39, 0.29) is 0 Å². The van der Waals surface area contributed by atoms with Gasteiger partial charge in [-0.15, -0.1) is 0 Å². The molecular weight excluding hydrogens is 260 g/mol. The number of hydrogen-bond acceptors (Lipinski definition) is 4. The van der Waals surface area contributed by atoms with E-state index in [1.165, 1.54) is 0 Å². The fourth-order valence-electron chi connectivity index (χ4n) is 1.13. The quantitative estimate of drug-likeness (QED) is 0.768. The third kappa shape index (κ3) is 4.59. The van der Waals surface area contributed by atoms with Crippen molar-refractivity contribution in [2.24, 2.45) is 5.10 Å². The van der Waals surface area contributed by atoms with Crippen LogP contribution in [0.25, 0.3) is 0 Å². The first-order valence-electron chi connectivity index (χ1n) is 4.85. The lowest BCUT2D eigenvalue weighted by atomic mass is 10.2. The third-order valence-corrected chi connectivity index (χ3v) is 2.34. The molecular formula is C10H15BrN2O2. The maximum atomic E-state index is 9.65. The van der Waals surface area contributed by atoms with Crippen LogP contribution in [-0.4, -0.2) is 29.2 Å². The highest BCUT2D eigenvalue weighted by molar-refractivity contribution is 9.18. The van der Waals surface area contributed by atoms with Crippen molar-refractivity contribution in [3.05, 3.63) is 23.8 Å². The van der Waals surface area contributed by atoms with Crippen LogP contribution in [-0.2, 0) is 4.74 Å². The molecule has 0 aromatic carbocycles. The Hall–Kier alpha value is -0.650. The van der Waals surface area contributed by atoms with E-state index in [1.807, 2.05) is 25.2 Å². The minimum atomic E-state index is -0.857. The Morgan fingerprint density at radius 1 is 1.73 bits per heavy atom. The lowest BCUT2D eigenvalue weighted by molar-refractivity contribution is -0.0647. The van der Waals surface area contributed by atoms with Gasteiger partial charge >= 0.3 is 0 Å². The maximum Gasteiger partial charge on any atom is 0.180 e. The van der Waals surface area contributed by atoms with E-state index in [9.17, 15) is 5.11 Å². The first kappa shape index (κ1) is 12.4. The molecule has 2 N–H and O–H groups in total. The van der Waals surface area contributed by atoms with Gasteiger partial charge in [0, 0.05) is 18.6 Å². The molecule has 0 fully saturated rings. The summed E-state index contributed by atoms with van der Waals surface area (Å²) in [5, 5.41) is 13.7. The van der Waals surface area contributed by atoms with Crippen molar-refractivity contribution in [3.8, 4) is 0 Å². The topological polar surface area (TPSA) is 53.9 Å². The minimum Gasteiger partial charge on any atom is -0.364 e. The van der Waals surface area contributed by atoms with Crippen LogP contribution in [0.1, 0.15) is 13.3 Å². The van der Waals surface area contributed by atoms with E-state index in [0.717, 1.165) is 10.2 Å². The van der Waals surface area contributed by atoms with Gasteiger partial charge in [-0.1, -0.05) is 18.2 Å². The lowest BCUT2D eigenvalue weighted by Gasteiger charge is -2.11. The van der Waals surface area contributed by atoms with Gasteiger partial charge in [-0.3, -0.25) is 0 Å². The van der Waals surface area contributed by atoms with E-state index in [0.29, 0.717) is 19.6 Å². The van der Waals surface area contributed by atoms with E-state index in [4.69, 9.17) is 4.74 Å². The average Bonchev–Trinajstić information content (AvgIpc) is 2.31. The highest BCUT2D eigenvalue weighted by Gasteiger charge is 2.08. The zero-order valence-corrected chi connectivity index (χ0v) is 10.2. The first-order chi connectivity index (χ1) is 7.24. The molecule has 0 aromatic heterocycles. The standard InChI is InChI=1S/C10H15BrN2O2/c1-2-15-10(14)8-4-3-7-12-13-9(11)6-5-8/h3-5,10,12,14H,2,6-7H2,1H3/b4-3-,8-5+,13-9+. The van der Waals surface area contributed by atoms with Crippen molar-refractivity contribution >= 4 is 20.6 Å². The monoisotopic (exact) mass is 274 g/mol. The Bertz CT molecular complexity index is 287. The molecule has 1 heterocycles. The Balaban J connectivity index is 2.70. The molecule has 1 atom stereocenters. The van der Waals surface area contributed by atoms with Gasteiger partial charge in [0.05, 0.1) is 6.54 Å². The smallest absolute Gasteiger partial charge is 0.180 e. The number of hydrazone groups is 1. The van der Waals surface area contributed by atoms with Crippen LogP contribution in [0.4, 0.5) is 0 Å². The highest BCUT2D eigenvalue weighted by Crippen LogP contribution is 2.10. The van der Waals surface area contributed by atoms with E-state index in [2.05, 4.69) is 26.5 Å². The van der Waals surface area contributed by atoms with Gasteiger partial charge < -0.3 is 15.3 Å². The van der Waals surface area contributed by atoms with Gasteiger partial charge in [0.25, 0.3) is 0 Å². The zero-order chi connectivity index (χ0) is 11.1. The molecule has 1 rings (SSSR count). The molecule has 84 valence electrons. The molecule has 1 unspecified atom stereocenters. The number of nitrogens with one attached hydrogen (secondary N) is 1. The first-order valence-corrected chi connectivity index (χ1v) is 5.64. The number of allylic oxidation sites excluding steroid dienone is 1. The van der Waals surface area contributed by atoms with Crippen molar-refractivity contribution in [1.29, 1.82) is 0 Å². The summed E-state index contributed by atoms with van der Waals surface area (Å²) in [7, 11) is 0. The van der Waals surface area contributed by atoms with Crippen LogP contribution >= 0.6 is 15.9 Å². The van der Waals surface area contributed by atoms with Crippen LogP contribution in [0.15, 0.2) is 28.9 Å². The SMILES string of the molecule is CCOC(O)C1=C/C/C(Br)=N\NC/C=C\1. The second-order valence-electron chi connectivity index (χ2n) is 2.97. The van der Waals surface area contributed by atoms with Gasteiger partial charge in [0.1, 0.15) is 4.62 Å². The molecule has 1 aliphatic rings. The average molecular weight is 275 g/mol. The Labute approximate surface area is 97.8 Å². The molecule has 0 aromatic rings. The molecule has 0 spiro atoms. The Morgan fingerprint density at radius 2 is 2.53 bits per heavy atom. The molecule has 1 aliphatic heterocycles. The van der Waals surface area contributed by atoms with Crippen molar-refractivity contribution in [2.45, 2.75) is 19.6 Å². The van der Waals surface area contributed by atoms with E-state index >= 15 is 0 Å². The Kier molecular flexibility index (Phi) is 5.60. The number of ether oxygens (including phenoxy) is 1. The summed E-state index contributed by atoms with van der Waals surface area (Å²) in [5.41, 5.74) is 3.62. The number of aliphatic hydroxyl groups is 1. The van der Waals surface area contributed by atoms with Gasteiger partial charge in [0.2, 0.25) is 0 Å². The van der Waals surface area contributed by atoms with Gasteiger partial charge in [-0.2, -0.15) is 5.10 Å². The summed E-state index contributed by atoms with van der Waals surface area (Å²) < 4.78 is 5.91. The number of nitrogens with zero attached hydrogens (tertiary/aromatic N) is 1. The number of hydrogen-bond donors (Lipinski definition) is 2. The minimum absolute atomic E-state index is 0.486. The fraction of sp³-hybridized carbons (Fsp3) is 0.500. The maximum absolute atomic E-state index is 9.65.